The van der Waals surface area contributed by atoms with Crippen LogP contribution in [0.5, 0.6) is 0 Å². The number of aromatic nitrogens is 2. The molecule has 2 atom stereocenters. The molecule has 1 fully saturated rings. The number of nitrogens with zero attached hydrogens (tertiary/aromatic N) is 3. The first-order chi connectivity index (χ1) is 16.7. The van der Waals surface area contributed by atoms with E-state index in [1.165, 1.54) is 0 Å². The third-order valence-corrected chi connectivity index (χ3v) is 6.02. The predicted molar refractivity (Wildman–Crippen MR) is 130 cm³/mol. The fourth-order valence-corrected chi connectivity index (χ4v) is 4.14. The van der Waals surface area contributed by atoms with Crippen LogP contribution in [0.15, 0.2) is 48.5 Å². The number of para-hydroxylation sites is 1. The first-order valence-corrected chi connectivity index (χ1v) is 11.5. The molecule has 0 aliphatic carbocycles. The maximum absolute atomic E-state index is 13.4. The van der Waals surface area contributed by atoms with Gasteiger partial charge < -0.3 is 16.0 Å². The van der Waals surface area contributed by atoms with Gasteiger partial charge in [-0.2, -0.15) is 10.4 Å². The van der Waals surface area contributed by atoms with Crippen LogP contribution in [0, 0.1) is 16.7 Å². The molecule has 2 heterocycles. The van der Waals surface area contributed by atoms with Crippen molar-refractivity contribution < 1.29 is 14.4 Å². The highest BCUT2D eigenvalue weighted by Gasteiger charge is 2.36. The summed E-state index contributed by atoms with van der Waals surface area (Å²) in [5.41, 5.74) is 1.96. The Morgan fingerprint density at radius 1 is 1.20 bits per heavy atom. The van der Waals surface area contributed by atoms with Crippen LogP contribution >= 0.6 is 0 Å². The maximum atomic E-state index is 13.4. The van der Waals surface area contributed by atoms with Gasteiger partial charge in [0, 0.05) is 18.4 Å². The molecule has 2 aromatic carbocycles. The van der Waals surface area contributed by atoms with Gasteiger partial charge in [-0.1, -0.05) is 51.1 Å². The molecule has 0 saturated carbocycles. The lowest BCUT2D eigenvalue weighted by molar-refractivity contribution is -0.126. The van der Waals surface area contributed by atoms with E-state index in [1.54, 1.807) is 16.8 Å². The van der Waals surface area contributed by atoms with Gasteiger partial charge in [-0.05, 0) is 29.2 Å². The van der Waals surface area contributed by atoms with Gasteiger partial charge in [0.25, 0.3) is 5.91 Å². The molecule has 180 valence electrons. The van der Waals surface area contributed by atoms with Gasteiger partial charge in [-0.15, -0.1) is 0 Å². The second kappa shape index (κ2) is 9.58. The molecule has 0 bridgehead atoms. The summed E-state index contributed by atoms with van der Waals surface area (Å²) in [6, 6.07) is 15.6. The number of hydrogen-bond donors (Lipinski definition) is 3. The van der Waals surface area contributed by atoms with E-state index in [1.807, 2.05) is 57.2 Å². The molecule has 0 spiro atoms. The zero-order valence-corrected chi connectivity index (χ0v) is 20.0. The number of carbonyl (C=O) groups excluding carboxylic acids is 3. The van der Waals surface area contributed by atoms with E-state index in [-0.39, 0.29) is 30.0 Å². The van der Waals surface area contributed by atoms with Gasteiger partial charge in [-0.25, -0.2) is 0 Å². The maximum Gasteiger partial charge on any atom is 0.273 e. The Morgan fingerprint density at radius 3 is 2.54 bits per heavy atom. The summed E-state index contributed by atoms with van der Waals surface area (Å²) < 4.78 is 1.74. The molecule has 1 aliphatic heterocycles. The normalized spacial score (nSPS) is 16.4. The van der Waals surface area contributed by atoms with Crippen molar-refractivity contribution in [1.29, 1.82) is 5.26 Å². The summed E-state index contributed by atoms with van der Waals surface area (Å²) in [4.78, 5) is 38.0. The first-order valence-electron chi connectivity index (χ1n) is 11.5. The van der Waals surface area contributed by atoms with E-state index in [2.05, 4.69) is 27.1 Å². The highest BCUT2D eigenvalue weighted by molar-refractivity contribution is 6.06. The molecule has 9 nitrogen and oxygen atoms in total. The predicted octanol–water partition coefficient (Wildman–Crippen LogP) is 2.11. The smallest absolute Gasteiger partial charge is 0.273 e. The summed E-state index contributed by atoms with van der Waals surface area (Å²) >= 11 is 0. The minimum absolute atomic E-state index is 0.106. The van der Waals surface area contributed by atoms with Crippen LogP contribution in [0.4, 0.5) is 0 Å². The third kappa shape index (κ3) is 5.32. The van der Waals surface area contributed by atoms with Crippen molar-refractivity contribution >= 4 is 28.6 Å². The fourth-order valence-electron chi connectivity index (χ4n) is 4.14. The van der Waals surface area contributed by atoms with Crippen LogP contribution in [0.1, 0.15) is 48.8 Å². The van der Waals surface area contributed by atoms with Gasteiger partial charge in [0.1, 0.15) is 6.04 Å². The van der Waals surface area contributed by atoms with Gasteiger partial charge in [0.05, 0.1) is 29.7 Å². The zero-order chi connectivity index (χ0) is 25.2. The van der Waals surface area contributed by atoms with Crippen LogP contribution in [-0.2, 0) is 16.1 Å². The van der Waals surface area contributed by atoms with Crippen molar-refractivity contribution in [1.82, 2.24) is 25.7 Å². The standard InChI is InChI=1S/C26H28N6O3/c1-26(2,3)23(25(35)29-18-12-21(33)28-14-18)30-24(34)22-19-6-4-5-7-20(19)32(31-22)15-17-10-8-16(13-27)9-11-17/h4-11,18,23H,12,14-15H2,1-3H3,(H,28,33)(H,29,35)(H,30,34)/t18-,23?/m0/s1. The molecule has 35 heavy (non-hydrogen) atoms. The van der Waals surface area contributed by atoms with Crippen LogP contribution < -0.4 is 16.0 Å². The van der Waals surface area contributed by atoms with E-state index in [4.69, 9.17) is 5.26 Å². The SMILES string of the molecule is CC(C)(C)C(NC(=O)c1nn(Cc2ccc(C#N)cc2)c2ccccc12)C(=O)N[C@@H]1CNC(=O)C1. The second-order valence-electron chi connectivity index (χ2n) is 9.82. The summed E-state index contributed by atoms with van der Waals surface area (Å²) in [7, 11) is 0. The second-order valence-corrected chi connectivity index (χ2v) is 9.82. The molecule has 3 aromatic rings. The van der Waals surface area contributed by atoms with Crippen LogP contribution in [0.3, 0.4) is 0 Å². The molecule has 1 saturated heterocycles. The van der Waals surface area contributed by atoms with Crippen LogP contribution in [0.25, 0.3) is 10.9 Å². The molecular weight excluding hydrogens is 444 g/mol. The van der Waals surface area contributed by atoms with Gasteiger partial charge in [0.2, 0.25) is 11.8 Å². The van der Waals surface area contributed by atoms with Crippen LogP contribution in [-0.4, -0.2) is 46.1 Å². The van der Waals surface area contributed by atoms with Crippen molar-refractivity contribution in [2.24, 2.45) is 5.41 Å². The molecule has 4 rings (SSSR count). The van der Waals surface area contributed by atoms with Crippen molar-refractivity contribution in [3.63, 3.8) is 0 Å². The highest BCUT2D eigenvalue weighted by Crippen LogP contribution is 2.23. The largest absolute Gasteiger partial charge is 0.354 e. The number of nitriles is 1. The van der Waals surface area contributed by atoms with Crippen molar-refractivity contribution in [2.75, 3.05) is 6.54 Å². The Kier molecular flexibility index (Phi) is 6.56. The average Bonchev–Trinajstić information content (AvgIpc) is 3.40. The molecule has 1 unspecified atom stereocenters. The van der Waals surface area contributed by atoms with Gasteiger partial charge in [-0.3, -0.25) is 19.1 Å². The minimum atomic E-state index is -0.826. The summed E-state index contributed by atoms with van der Waals surface area (Å²) in [5.74, 6) is -0.893. The number of amides is 3. The number of benzene rings is 2. The number of carbonyl (C=O) groups is 3. The average molecular weight is 473 g/mol. The van der Waals surface area contributed by atoms with Gasteiger partial charge in [0.15, 0.2) is 5.69 Å². The Labute approximate surface area is 203 Å². The fraction of sp³-hybridized carbons (Fsp3) is 0.346. The lowest BCUT2D eigenvalue weighted by Crippen LogP contribution is -2.55. The van der Waals surface area contributed by atoms with Crippen molar-refractivity contribution in [3.8, 4) is 6.07 Å². The van der Waals surface area contributed by atoms with E-state index >= 15 is 0 Å². The number of rotatable bonds is 6. The van der Waals surface area contributed by atoms with Gasteiger partial charge >= 0.3 is 0 Å². The summed E-state index contributed by atoms with van der Waals surface area (Å²) in [6.45, 7) is 6.41. The molecule has 3 N–H and O–H groups in total. The lowest BCUT2D eigenvalue weighted by atomic mass is 9.85. The monoisotopic (exact) mass is 472 g/mol. The Bertz CT molecular complexity index is 1310. The molecule has 9 heteroatoms. The first kappa shape index (κ1) is 24.0. The van der Waals surface area contributed by atoms with E-state index in [0.29, 0.717) is 24.0 Å². The van der Waals surface area contributed by atoms with E-state index in [9.17, 15) is 14.4 Å². The topological polar surface area (TPSA) is 129 Å². The molecule has 0 radical (unpaired) electrons. The van der Waals surface area contributed by atoms with Crippen molar-refractivity contribution in [3.05, 3.63) is 65.4 Å². The summed E-state index contributed by atoms with van der Waals surface area (Å²) in [6.07, 6.45) is 0.223. The minimum Gasteiger partial charge on any atom is -0.354 e. The highest BCUT2D eigenvalue weighted by atomic mass is 16.2. The Balaban J connectivity index is 1.58. The molecule has 3 amide bonds. The number of fused-ring (bicyclic) bond motifs is 1. The Morgan fingerprint density at radius 2 is 1.91 bits per heavy atom. The molecular formula is C26H28N6O3. The molecule has 1 aliphatic rings. The number of nitrogens with one attached hydrogen (secondary N) is 3. The summed E-state index contributed by atoms with van der Waals surface area (Å²) in [5, 5.41) is 22.7. The lowest BCUT2D eigenvalue weighted by Gasteiger charge is -2.31. The third-order valence-electron chi connectivity index (χ3n) is 6.02. The molecule has 1 aromatic heterocycles. The number of hydrogen-bond acceptors (Lipinski definition) is 5. The van der Waals surface area contributed by atoms with Crippen LogP contribution in [0.2, 0.25) is 0 Å². The quantitative estimate of drug-likeness (QED) is 0.506. The van der Waals surface area contributed by atoms with E-state index < -0.39 is 17.4 Å². The van der Waals surface area contributed by atoms with E-state index in [0.717, 1.165) is 11.1 Å². The van der Waals surface area contributed by atoms with Crippen molar-refractivity contribution in [2.45, 2.75) is 45.8 Å². The Hall–Kier alpha value is -4.19. The zero-order valence-electron chi connectivity index (χ0n) is 20.0.